The van der Waals surface area contributed by atoms with Crippen LogP contribution in [-0.4, -0.2) is 29.5 Å². The van der Waals surface area contributed by atoms with Crippen molar-refractivity contribution < 1.29 is 14.0 Å². The van der Waals surface area contributed by atoms with Crippen molar-refractivity contribution in [2.45, 2.75) is 38.6 Å². The average Bonchev–Trinajstić information content (AvgIpc) is 3.25. The molecule has 132 valence electrons. The third-order valence-electron chi connectivity index (χ3n) is 3.83. The summed E-state index contributed by atoms with van der Waals surface area (Å²) < 4.78 is 5.70. The largest absolute Gasteiger partial charge is 0.441 e. The molecule has 3 amide bonds. The molecule has 1 heterocycles. The Bertz CT molecular complexity index is 748. The Labute approximate surface area is 146 Å². The van der Waals surface area contributed by atoms with E-state index in [9.17, 15) is 9.59 Å². The Morgan fingerprint density at radius 2 is 1.96 bits per heavy atom. The summed E-state index contributed by atoms with van der Waals surface area (Å²) in [6, 6.07) is 7.04. The molecule has 3 rings (SSSR count). The van der Waals surface area contributed by atoms with Gasteiger partial charge in [-0.25, -0.2) is 9.78 Å². The molecule has 0 unspecified atom stereocenters. The maximum absolute atomic E-state index is 11.8. The van der Waals surface area contributed by atoms with Crippen LogP contribution in [0.2, 0.25) is 0 Å². The maximum atomic E-state index is 11.8. The van der Waals surface area contributed by atoms with Crippen molar-refractivity contribution in [3.8, 4) is 11.5 Å². The van der Waals surface area contributed by atoms with Crippen molar-refractivity contribution in [2.75, 3.05) is 11.9 Å². The first-order chi connectivity index (χ1) is 12.0. The van der Waals surface area contributed by atoms with Crippen LogP contribution in [0.25, 0.3) is 11.5 Å². The summed E-state index contributed by atoms with van der Waals surface area (Å²) in [5.74, 6) is 1.50. The number of aromatic nitrogens is 1. The summed E-state index contributed by atoms with van der Waals surface area (Å²) in [5.41, 5.74) is 1.46. The molecule has 7 nitrogen and oxygen atoms in total. The number of benzene rings is 1. The van der Waals surface area contributed by atoms with Crippen LogP contribution in [0.5, 0.6) is 0 Å². The number of amides is 3. The topological polar surface area (TPSA) is 96.3 Å². The highest BCUT2D eigenvalue weighted by atomic mass is 16.4. The predicted molar refractivity (Wildman–Crippen MR) is 94.2 cm³/mol. The molecule has 25 heavy (non-hydrogen) atoms. The van der Waals surface area contributed by atoms with Gasteiger partial charge in [-0.2, -0.15) is 0 Å². The second-order valence-electron chi connectivity index (χ2n) is 6.45. The number of oxazole rings is 1. The number of carbonyl (C=O) groups is 2. The number of nitrogens with zero attached hydrogens (tertiary/aromatic N) is 1. The van der Waals surface area contributed by atoms with Crippen LogP contribution in [0.4, 0.5) is 10.5 Å². The van der Waals surface area contributed by atoms with E-state index in [2.05, 4.69) is 20.9 Å². The van der Waals surface area contributed by atoms with Crippen molar-refractivity contribution in [3.05, 3.63) is 36.2 Å². The van der Waals surface area contributed by atoms with Crippen molar-refractivity contribution in [2.24, 2.45) is 0 Å². The van der Waals surface area contributed by atoms with Crippen molar-refractivity contribution in [1.82, 2.24) is 15.6 Å². The second kappa shape index (κ2) is 7.38. The average molecular weight is 342 g/mol. The van der Waals surface area contributed by atoms with Crippen molar-refractivity contribution >= 4 is 17.6 Å². The Hall–Kier alpha value is -2.83. The van der Waals surface area contributed by atoms with Gasteiger partial charge in [-0.1, -0.05) is 13.8 Å². The monoisotopic (exact) mass is 342 g/mol. The fraction of sp³-hybridized carbons (Fsp3) is 0.389. The van der Waals surface area contributed by atoms with Crippen molar-refractivity contribution in [1.29, 1.82) is 0 Å². The lowest BCUT2D eigenvalue weighted by molar-refractivity contribution is -0.120. The summed E-state index contributed by atoms with van der Waals surface area (Å²) in [7, 11) is 0. The number of anilines is 1. The van der Waals surface area contributed by atoms with Gasteiger partial charge in [0.25, 0.3) is 0 Å². The fourth-order valence-corrected chi connectivity index (χ4v) is 2.23. The van der Waals surface area contributed by atoms with E-state index in [1.165, 1.54) is 0 Å². The summed E-state index contributed by atoms with van der Waals surface area (Å²) in [6.07, 6.45) is 3.77. The molecule has 0 atom stereocenters. The molecule has 1 fully saturated rings. The third kappa shape index (κ3) is 4.82. The molecular weight excluding hydrogens is 320 g/mol. The van der Waals surface area contributed by atoms with Gasteiger partial charge in [0.15, 0.2) is 0 Å². The minimum atomic E-state index is -0.420. The van der Waals surface area contributed by atoms with Gasteiger partial charge in [-0.15, -0.1) is 0 Å². The lowest BCUT2D eigenvalue weighted by Crippen LogP contribution is -2.39. The van der Waals surface area contributed by atoms with Gasteiger partial charge in [0.1, 0.15) is 5.76 Å². The lowest BCUT2D eigenvalue weighted by atomic mass is 10.2. The Kier molecular flexibility index (Phi) is 5.02. The van der Waals surface area contributed by atoms with Gasteiger partial charge in [0, 0.05) is 23.2 Å². The minimum Gasteiger partial charge on any atom is -0.441 e. The first-order valence-electron chi connectivity index (χ1n) is 8.41. The number of hydrogen-bond acceptors (Lipinski definition) is 4. The Morgan fingerprint density at radius 3 is 2.56 bits per heavy atom. The predicted octanol–water partition coefficient (Wildman–Crippen LogP) is 2.87. The van der Waals surface area contributed by atoms with E-state index in [0.29, 0.717) is 11.6 Å². The van der Waals surface area contributed by atoms with Gasteiger partial charge in [0.2, 0.25) is 11.8 Å². The van der Waals surface area contributed by atoms with Gasteiger partial charge >= 0.3 is 6.03 Å². The highest BCUT2D eigenvalue weighted by molar-refractivity contribution is 5.92. The fourth-order valence-electron chi connectivity index (χ4n) is 2.23. The normalized spacial score (nSPS) is 13.6. The maximum Gasteiger partial charge on any atom is 0.319 e. The Morgan fingerprint density at radius 1 is 1.24 bits per heavy atom. The zero-order chi connectivity index (χ0) is 17.8. The van der Waals surface area contributed by atoms with Crippen LogP contribution in [0.1, 0.15) is 38.4 Å². The molecular formula is C18H22N4O3. The molecule has 1 aliphatic rings. The van der Waals surface area contributed by atoms with E-state index >= 15 is 0 Å². The second-order valence-corrected chi connectivity index (χ2v) is 6.45. The molecule has 2 aromatic rings. The zero-order valence-electron chi connectivity index (χ0n) is 14.3. The number of hydrogen-bond donors (Lipinski definition) is 3. The molecule has 0 saturated heterocycles. The molecule has 1 saturated carbocycles. The molecule has 1 aromatic carbocycles. The van der Waals surface area contributed by atoms with Crippen LogP contribution >= 0.6 is 0 Å². The van der Waals surface area contributed by atoms with E-state index in [1.807, 2.05) is 26.0 Å². The standard InChI is InChI=1S/C18H22N4O3/c1-11(2)15-9-19-17(25-15)12-3-5-14(6-4-12)22-18(24)20-10-16(23)21-13-7-8-13/h3-6,9,11,13H,7-8,10H2,1-2H3,(H,21,23)(H2,20,22,24). The van der Waals surface area contributed by atoms with Crippen LogP contribution in [0.15, 0.2) is 34.9 Å². The lowest BCUT2D eigenvalue weighted by Gasteiger charge is -2.08. The van der Waals surface area contributed by atoms with Gasteiger partial charge in [-0.3, -0.25) is 4.79 Å². The van der Waals surface area contributed by atoms with Gasteiger partial charge < -0.3 is 20.4 Å². The molecule has 0 spiro atoms. The quantitative estimate of drug-likeness (QED) is 0.752. The highest BCUT2D eigenvalue weighted by Gasteiger charge is 2.23. The van der Waals surface area contributed by atoms with Crippen LogP contribution in [0, 0.1) is 0 Å². The van der Waals surface area contributed by atoms with E-state index in [-0.39, 0.29) is 24.4 Å². The molecule has 0 bridgehead atoms. The van der Waals surface area contributed by atoms with E-state index in [4.69, 9.17) is 4.42 Å². The third-order valence-corrected chi connectivity index (χ3v) is 3.83. The number of nitrogens with one attached hydrogen (secondary N) is 3. The Balaban J connectivity index is 1.51. The zero-order valence-corrected chi connectivity index (χ0v) is 14.3. The number of rotatable bonds is 6. The van der Waals surface area contributed by atoms with Gasteiger partial charge in [0.05, 0.1) is 12.7 Å². The summed E-state index contributed by atoms with van der Waals surface area (Å²) in [4.78, 5) is 27.6. The molecule has 7 heteroatoms. The van der Waals surface area contributed by atoms with Crippen LogP contribution < -0.4 is 16.0 Å². The van der Waals surface area contributed by atoms with Crippen LogP contribution in [-0.2, 0) is 4.79 Å². The molecule has 1 aromatic heterocycles. The SMILES string of the molecule is CC(C)c1cnc(-c2ccc(NC(=O)NCC(=O)NC3CC3)cc2)o1. The molecule has 0 radical (unpaired) electrons. The number of urea groups is 1. The van der Waals surface area contributed by atoms with E-state index in [0.717, 1.165) is 24.2 Å². The van der Waals surface area contributed by atoms with E-state index < -0.39 is 6.03 Å². The first-order valence-corrected chi connectivity index (χ1v) is 8.41. The first kappa shape index (κ1) is 17.0. The summed E-state index contributed by atoms with van der Waals surface area (Å²) in [6.45, 7) is 4.05. The van der Waals surface area contributed by atoms with Crippen molar-refractivity contribution in [3.63, 3.8) is 0 Å². The van der Waals surface area contributed by atoms with E-state index in [1.54, 1.807) is 18.3 Å². The number of carbonyl (C=O) groups excluding carboxylic acids is 2. The minimum absolute atomic E-state index is 0.0330. The van der Waals surface area contributed by atoms with Gasteiger partial charge in [-0.05, 0) is 37.1 Å². The highest BCUT2D eigenvalue weighted by Crippen LogP contribution is 2.24. The summed E-state index contributed by atoms with van der Waals surface area (Å²) in [5, 5.41) is 8.03. The molecule has 1 aliphatic carbocycles. The smallest absolute Gasteiger partial charge is 0.319 e. The van der Waals surface area contributed by atoms with Crippen LogP contribution in [0.3, 0.4) is 0 Å². The molecule has 3 N–H and O–H groups in total. The molecule has 0 aliphatic heterocycles. The summed E-state index contributed by atoms with van der Waals surface area (Å²) >= 11 is 0.